The van der Waals surface area contributed by atoms with Crippen LogP contribution in [-0.4, -0.2) is 47.1 Å². The van der Waals surface area contributed by atoms with Crippen LogP contribution in [0.15, 0.2) is 11.2 Å². The number of rotatable bonds is 9. The molecule has 0 aromatic carbocycles. The van der Waals surface area contributed by atoms with Crippen molar-refractivity contribution in [3.8, 4) is 0 Å². The molecular formula is C15H26N4OS. The molecule has 118 valence electrons. The van der Waals surface area contributed by atoms with Crippen LogP contribution in [0.25, 0.3) is 0 Å². The maximum atomic E-state index is 9.13. The molecule has 1 aromatic heterocycles. The second-order valence-corrected chi connectivity index (χ2v) is 6.15. The average Bonchev–Trinajstić information content (AvgIpc) is 2.46. The lowest BCUT2D eigenvalue weighted by atomic mass is 9.91. The third-order valence-electron chi connectivity index (χ3n) is 3.80. The maximum absolute atomic E-state index is 9.13. The van der Waals surface area contributed by atoms with Gasteiger partial charge in [-0.05, 0) is 38.4 Å². The fourth-order valence-electron chi connectivity index (χ4n) is 2.42. The minimum atomic E-state index is 0.227. The molecule has 0 amide bonds. The van der Waals surface area contributed by atoms with Gasteiger partial charge in [0.15, 0.2) is 5.16 Å². The van der Waals surface area contributed by atoms with E-state index in [1.54, 1.807) is 11.8 Å². The lowest BCUT2D eigenvalue weighted by molar-refractivity contribution is 0.282. The molecule has 0 radical (unpaired) electrons. The fourth-order valence-corrected chi connectivity index (χ4v) is 2.79. The van der Waals surface area contributed by atoms with Crippen LogP contribution >= 0.6 is 11.8 Å². The Labute approximate surface area is 131 Å². The van der Waals surface area contributed by atoms with Crippen LogP contribution in [0.4, 0.5) is 11.6 Å². The number of aliphatic hydroxyl groups excluding tert-OH is 1. The van der Waals surface area contributed by atoms with E-state index in [9.17, 15) is 0 Å². The molecule has 2 rings (SSSR count). The number of hydrogen-bond acceptors (Lipinski definition) is 6. The van der Waals surface area contributed by atoms with Gasteiger partial charge >= 0.3 is 0 Å². The molecule has 1 aromatic rings. The van der Waals surface area contributed by atoms with Crippen molar-refractivity contribution in [3.05, 3.63) is 6.07 Å². The summed E-state index contributed by atoms with van der Waals surface area (Å²) in [4.78, 5) is 11.5. The van der Waals surface area contributed by atoms with Crippen LogP contribution in [0, 0.1) is 0 Å². The van der Waals surface area contributed by atoms with Crippen molar-refractivity contribution >= 4 is 23.4 Å². The minimum absolute atomic E-state index is 0.227. The normalized spacial score (nSPS) is 14.8. The second kappa shape index (κ2) is 8.44. The van der Waals surface area contributed by atoms with Crippen molar-refractivity contribution in [1.29, 1.82) is 0 Å². The Morgan fingerprint density at radius 1 is 1.43 bits per heavy atom. The predicted molar refractivity (Wildman–Crippen MR) is 89.3 cm³/mol. The quantitative estimate of drug-likeness (QED) is 0.540. The zero-order valence-corrected chi connectivity index (χ0v) is 13.8. The summed E-state index contributed by atoms with van der Waals surface area (Å²) in [5, 5.41) is 13.3. The molecule has 0 saturated heterocycles. The van der Waals surface area contributed by atoms with E-state index in [4.69, 9.17) is 5.11 Å². The number of thioether (sulfide) groups is 1. The van der Waals surface area contributed by atoms with Crippen molar-refractivity contribution in [2.75, 3.05) is 36.2 Å². The summed E-state index contributed by atoms with van der Waals surface area (Å²) in [6, 6.07) is 2.62. The summed E-state index contributed by atoms with van der Waals surface area (Å²) in [7, 11) is 0. The summed E-state index contributed by atoms with van der Waals surface area (Å²) in [5.41, 5.74) is 0. The number of aliphatic hydroxyl groups is 1. The van der Waals surface area contributed by atoms with E-state index in [0.29, 0.717) is 6.04 Å². The Morgan fingerprint density at radius 3 is 2.81 bits per heavy atom. The first kappa shape index (κ1) is 16.4. The van der Waals surface area contributed by atoms with Gasteiger partial charge in [-0.2, -0.15) is 0 Å². The average molecular weight is 310 g/mol. The first-order valence-corrected chi connectivity index (χ1v) is 9.05. The van der Waals surface area contributed by atoms with Crippen molar-refractivity contribution in [2.45, 2.75) is 50.2 Å². The number of nitrogens with zero attached hydrogens (tertiary/aromatic N) is 3. The van der Waals surface area contributed by atoms with Gasteiger partial charge in [0, 0.05) is 31.8 Å². The SMILES string of the molecule is CCCNc1cc(N(CCCO)C2CCC2)nc(SC)n1. The van der Waals surface area contributed by atoms with E-state index in [1.807, 2.05) is 12.3 Å². The number of aromatic nitrogens is 2. The maximum Gasteiger partial charge on any atom is 0.191 e. The molecule has 0 bridgehead atoms. The Kier molecular flexibility index (Phi) is 6.57. The summed E-state index contributed by atoms with van der Waals surface area (Å²) in [5.74, 6) is 1.89. The molecule has 0 spiro atoms. The third kappa shape index (κ3) is 4.48. The Hall–Kier alpha value is -1.01. The zero-order valence-electron chi connectivity index (χ0n) is 13.0. The Balaban J connectivity index is 2.20. The van der Waals surface area contributed by atoms with Gasteiger partial charge in [-0.25, -0.2) is 9.97 Å². The monoisotopic (exact) mass is 310 g/mol. The molecule has 1 saturated carbocycles. The lowest BCUT2D eigenvalue weighted by Crippen LogP contribution is -2.41. The molecule has 1 fully saturated rings. The van der Waals surface area contributed by atoms with E-state index in [-0.39, 0.29) is 6.61 Å². The summed E-state index contributed by atoms with van der Waals surface area (Å²) in [6.07, 6.45) is 7.60. The summed E-state index contributed by atoms with van der Waals surface area (Å²) in [6.45, 7) is 4.15. The Morgan fingerprint density at radius 2 is 2.24 bits per heavy atom. The van der Waals surface area contributed by atoms with E-state index in [1.165, 1.54) is 19.3 Å². The third-order valence-corrected chi connectivity index (χ3v) is 4.35. The highest BCUT2D eigenvalue weighted by atomic mass is 32.2. The van der Waals surface area contributed by atoms with Crippen LogP contribution in [0.1, 0.15) is 39.0 Å². The topological polar surface area (TPSA) is 61.3 Å². The summed E-state index contributed by atoms with van der Waals surface area (Å²) >= 11 is 1.57. The largest absolute Gasteiger partial charge is 0.396 e. The number of hydrogen-bond donors (Lipinski definition) is 2. The molecule has 21 heavy (non-hydrogen) atoms. The fraction of sp³-hybridized carbons (Fsp3) is 0.733. The molecular weight excluding hydrogens is 284 g/mol. The van der Waals surface area contributed by atoms with Gasteiger partial charge in [0.1, 0.15) is 11.6 Å². The highest BCUT2D eigenvalue weighted by Crippen LogP contribution is 2.30. The van der Waals surface area contributed by atoms with Crippen LogP contribution < -0.4 is 10.2 Å². The van der Waals surface area contributed by atoms with E-state index in [2.05, 4.69) is 27.1 Å². The Bertz CT molecular complexity index is 440. The molecule has 2 N–H and O–H groups in total. The van der Waals surface area contributed by atoms with Gasteiger partial charge in [-0.15, -0.1) is 0 Å². The van der Waals surface area contributed by atoms with Gasteiger partial charge in [0.05, 0.1) is 0 Å². The molecule has 1 aliphatic carbocycles. The van der Waals surface area contributed by atoms with E-state index in [0.717, 1.165) is 42.7 Å². The summed E-state index contributed by atoms with van der Waals surface area (Å²) < 4.78 is 0. The molecule has 6 heteroatoms. The minimum Gasteiger partial charge on any atom is -0.396 e. The van der Waals surface area contributed by atoms with Gasteiger partial charge in [-0.3, -0.25) is 0 Å². The van der Waals surface area contributed by atoms with Crippen molar-refractivity contribution in [2.24, 2.45) is 0 Å². The lowest BCUT2D eigenvalue weighted by Gasteiger charge is -2.38. The van der Waals surface area contributed by atoms with Gasteiger partial charge < -0.3 is 15.3 Å². The zero-order chi connectivity index (χ0) is 15.1. The molecule has 5 nitrogen and oxygen atoms in total. The first-order valence-electron chi connectivity index (χ1n) is 7.83. The molecule has 0 aliphatic heterocycles. The molecule has 0 unspecified atom stereocenters. The second-order valence-electron chi connectivity index (χ2n) is 5.38. The van der Waals surface area contributed by atoms with E-state index < -0.39 is 0 Å². The van der Waals surface area contributed by atoms with Crippen LogP contribution in [0.5, 0.6) is 0 Å². The predicted octanol–water partition coefficient (Wildman–Crippen LogP) is 2.76. The molecule has 1 aliphatic rings. The molecule has 0 atom stereocenters. The first-order chi connectivity index (χ1) is 10.3. The van der Waals surface area contributed by atoms with Gasteiger partial charge in [0.25, 0.3) is 0 Å². The van der Waals surface area contributed by atoms with E-state index >= 15 is 0 Å². The highest BCUT2D eigenvalue weighted by Gasteiger charge is 2.26. The standard InChI is InChI=1S/C15H26N4OS/c1-3-8-16-13-11-14(18-15(17-13)21-2)19(9-5-10-20)12-6-4-7-12/h11-12,20H,3-10H2,1-2H3,(H,16,17,18). The number of anilines is 2. The van der Waals surface area contributed by atoms with Crippen LogP contribution in [0.2, 0.25) is 0 Å². The van der Waals surface area contributed by atoms with Crippen molar-refractivity contribution < 1.29 is 5.11 Å². The van der Waals surface area contributed by atoms with Crippen molar-refractivity contribution in [3.63, 3.8) is 0 Å². The number of nitrogens with one attached hydrogen (secondary N) is 1. The molecule has 1 heterocycles. The highest BCUT2D eigenvalue weighted by molar-refractivity contribution is 7.98. The van der Waals surface area contributed by atoms with Crippen molar-refractivity contribution in [1.82, 2.24) is 9.97 Å². The van der Waals surface area contributed by atoms with Gasteiger partial charge in [0.2, 0.25) is 0 Å². The van der Waals surface area contributed by atoms with Crippen LogP contribution in [-0.2, 0) is 0 Å². The van der Waals surface area contributed by atoms with Gasteiger partial charge in [-0.1, -0.05) is 18.7 Å². The smallest absolute Gasteiger partial charge is 0.191 e. The van der Waals surface area contributed by atoms with Crippen LogP contribution in [0.3, 0.4) is 0 Å².